The number of esters is 1. The van der Waals surface area contributed by atoms with Crippen LogP contribution in [0.5, 0.6) is 0 Å². The number of amides is 1. The second-order valence-corrected chi connectivity index (χ2v) is 3.24. The fourth-order valence-electron chi connectivity index (χ4n) is 1.10. The third kappa shape index (κ3) is 2.70. The summed E-state index contributed by atoms with van der Waals surface area (Å²) in [6, 6.07) is 4.35. The van der Waals surface area contributed by atoms with Gasteiger partial charge in [0.2, 0.25) is 0 Å². The molecule has 0 unspecified atom stereocenters. The minimum atomic E-state index is -0.525. The van der Waals surface area contributed by atoms with Gasteiger partial charge in [0.25, 0.3) is 5.91 Å². The predicted molar refractivity (Wildman–Crippen MR) is 56.2 cm³/mol. The van der Waals surface area contributed by atoms with E-state index in [-0.39, 0.29) is 11.5 Å². The lowest BCUT2D eigenvalue weighted by Gasteiger charge is -2.04. The van der Waals surface area contributed by atoms with Gasteiger partial charge >= 0.3 is 5.97 Å². The molecule has 15 heavy (non-hydrogen) atoms. The number of halogens is 1. The van der Waals surface area contributed by atoms with Crippen LogP contribution in [0.3, 0.4) is 0 Å². The van der Waals surface area contributed by atoms with E-state index in [1.165, 1.54) is 32.4 Å². The van der Waals surface area contributed by atoms with Gasteiger partial charge in [-0.3, -0.25) is 4.79 Å². The van der Waals surface area contributed by atoms with Crippen LogP contribution in [-0.2, 0) is 4.74 Å². The Labute approximate surface area is 92.2 Å². The van der Waals surface area contributed by atoms with Crippen LogP contribution in [-0.4, -0.2) is 26.0 Å². The summed E-state index contributed by atoms with van der Waals surface area (Å²) in [5.74, 6) is -0.828. The normalized spacial score (nSPS) is 9.53. The van der Waals surface area contributed by atoms with E-state index in [4.69, 9.17) is 11.6 Å². The van der Waals surface area contributed by atoms with Gasteiger partial charge in [-0.1, -0.05) is 11.6 Å². The Morgan fingerprint density at radius 3 is 2.40 bits per heavy atom. The number of hydrogen-bond acceptors (Lipinski definition) is 3. The molecule has 0 saturated carbocycles. The van der Waals surface area contributed by atoms with Crippen molar-refractivity contribution in [3.63, 3.8) is 0 Å². The number of benzene rings is 1. The molecule has 80 valence electrons. The summed E-state index contributed by atoms with van der Waals surface area (Å²) < 4.78 is 4.53. The molecule has 1 aromatic carbocycles. The molecule has 1 rings (SSSR count). The molecule has 0 radical (unpaired) electrons. The molecule has 0 aliphatic heterocycles. The molecule has 0 fully saturated rings. The topological polar surface area (TPSA) is 55.4 Å². The van der Waals surface area contributed by atoms with E-state index >= 15 is 0 Å². The van der Waals surface area contributed by atoms with E-state index in [1.54, 1.807) is 0 Å². The Balaban J connectivity index is 3.16. The first-order valence-electron chi connectivity index (χ1n) is 4.19. The summed E-state index contributed by atoms with van der Waals surface area (Å²) in [7, 11) is 2.77. The van der Waals surface area contributed by atoms with Crippen LogP contribution in [0.1, 0.15) is 20.7 Å². The van der Waals surface area contributed by atoms with Crippen LogP contribution in [0.25, 0.3) is 0 Å². The van der Waals surface area contributed by atoms with Gasteiger partial charge in [0.15, 0.2) is 0 Å². The summed E-state index contributed by atoms with van der Waals surface area (Å²) in [4.78, 5) is 22.5. The lowest BCUT2D eigenvalue weighted by molar-refractivity contribution is 0.0600. The van der Waals surface area contributed by atoms with Crippen molar-refractivity contribution < 1.29 is 14.3 Å². The van der Waals surface area contributed by atoms with E-state index in [0.717, 1.165) is 0 Å². The summed E-state index contributed by atoms with van der Waals surface area (Å²) in [6.07, 6.45) is 0. The number of carbonyl (C=O) groups excluding carboxylic acids is 2. The minimum absolute atomic E-state index is 0.253. The molecular weight excluding hydrogens is 218 g/mol. The zero-order valence-corrected chi connectivity index (χ0v) is 9.09. The Bertz CT molecular complexity index is 369. The highest BCUT2D eigenvalue weighted by atomic mass is 35.5. The van der Waals surface area contributed by atoms with Crippen LogP contribution in [0.2, 0.25) is 5.02 Å². The zero-order valence-electron chi connectivity index (χ0n) is 8.33. The van der Waals surface area contributed by atoms with Gasteiger partial charge in [0.1, 0.15) is 0 Å². The van der Waals surface area contributed by atoms with Crippen molar-refractivity contribution in [1.82, 2.24) is 5.32 Å². The summed E-state index contributed by atoms with van der Waals surface area (Å²) in [5.41, 5.74) is 0.578. The third-order valence-electron chi connectivity index (χ3n) is 1.81. The smallest absolute Gasteiger partial charge is 0.337 e. The maximum atomic E-state index is 11.3. The van der Waals surface area contributed by atoms with Crippen LogP contribution < -0.4 is 5.32 Å². The van der Waals surface area contributed by atoms with E-state index in [9.17, 15) is 9.59 Å². The van der Waals surface area contributed by atoms with Crippen molar-refractivity contribution in [2.45, 2.75) is 0 Å². The van der Waals surface area contributed by atoms with Crippen molar-refractivity contribution in [3.8, 4) is 0 Å². The molecule has 1 amide bonds. The highest BCUT2D eigenvalue weighted by molar-refractivity contribution is 6.31. The fraction of sp³-hybridized carbons (Fsp3) is 0.200. The first kappa shape index (κ1) is 11.5. The molecule has 1 N–H and O–H groups in total. The largest absolute Gasteiger partial charge is 0.465 e. The highest BCUT2D eigenvalue weighted by Crippen LogP contribution is 2.15. The van der Waals surface area contributed by atoms with E-state index in [0.29, 0.717) is 10.6 Å². The first-order valence-corrected chi connectivity index (χ1v) is 4.57. The fourth-order valence-corrected chi connectivity index (χ4v) is 1.34. The molecule has 0 bridgehead atoms. The van der Waals surface area contributed by atoms with Gasteiger partial charge in [0.05, 0.1) is 12.7 Å². The van der Waals surface area contributed by atoms with Crippen LogP contribution in [0.15, 0.2) is 18.2 Å². The molecule has 0 aromatic heterocycles. The number of hydrogen-bond donors (Lipinski definition) is 1. The molecule has 0 spiro atoms. The Kier molecular flexibility index (Phi) is 3.68. The summed E-state index contributed by atoms with van der Waals surface area (Å²) in [6.45, 7) is 0. The standard InChI is InChI=1S/C10H10ClNO3/c1-12-9(13)6-3-7(10(14)15-2)5-8(11)4-6/h3-5H,1-2H3,(H,12,13). The minimum Gasteiger partial charge on any atom is -0.465 e. The number of methoxy groups -OCH3 is 1. The van der Waals surface area contributed by atoms with Crippen molar-refractivity contribution >= 4 is 23.5 Å². The van der Waals surface area contributed by atoms with Gasteiger partial charge in [-0.2, -0.15) is 0 Å². The number of ether oxygens (including phenoxy) is 1. The first-order chi connectivity index (χ1) is 7.08. The van der Waals surface area contributed by atoms with Gasteiger partial charge in [-0.25, -0.2) is 4.79 Å². The molecule has 5 heteroatoms. The van der Waals surface area contributed by atoms with Gasteiger partial charge < -0.3 is 10.1 Å². The molecule has 0 aliphatic rings. The molecule has 4 nitrogen and oxygen atoms in total. The summed E-state index contributed by atoms with van der Waals surface area (Å²) in [5, 5.41) is 2.76. The van der Waals surface area contributed by atoms with Gasteiger partial charge in [-0.05, 0) is 18.2 Å². The van der Waals surface area contributed by atoms with E-state index in [1.807, 2.05) is 0 Å². The van der Waals surface area contributed by atoms with E-state index in [2.05, 4.69) is 10.1 Å². The highest BCUT2D eigenvalue weighted by Gasteiger charge is 2.11. The molecule has 0 atom stereocenters. The Hall–Kier alpha value is -1.55. The van der Waals surface area contributed by atoms with Crippen LogP contribution in [0, 0.1) is 0 Å². The monoisotopic (exact) mass is 227 g/mol. The lowest BCUT2D eigenvalue weighted by atomic mass is 10.1. The van der Waals surface area contributed by atoms with Crippen LogP contribution in [0.4, 0.5) is 0 Å². The molecule has 1 aromatic rings. The molecular formula is C10H10ClNO3. The molecule has 0 saturated heterocycles. The van der Waals surface area contributed by atoms with E-state index < -0.39 is 5.97 Å². The SMILES string of the molecule is CNC(=O)c1cc(Cl)cc(C(=O)OC)c1. The maximum absolute atomic E-state index is 11.3. The number of carbonyl (C=O) groups is 2. The van der Waals surface area contributed by atoms with Crippen molar-refractivity contribution in [2.24, 2.45) is 0 Å². The lowest BCUT2D eigenvalue weighted by Crippen LogP contribution is -2.18. The average molecular weight is 228 g/mol. The Morgan fingerprint density at radius 2 is 1.87 bits per heavy atom. The van der Waals surface area contributed by atoms with Crippen LogP contribution >= 0.6 is 11.6 Å². The molecule has 0 heterocycles. The van der Waals surface area contributed by atoms with Crippen molar-refractivity contribution in [2.75, 3.05) is 14.2 Å². The second kappa shape index (κ2) is 4.79. The van der Waals surface area contributed by atoms with Gasteiger partial charge in [0, 0.05) is 17.6 Å². The number of nitrogens with one attached hydrogen (secondary N) is 1. The van der Waals surface area contributed by atoms with Gasteiger partial charge in [-0.15, -0.1) is 0 Å². The predicted octanol–water partition coefficient (Wildman–Crippen LogP) is 1.49. The Morgan fingerprint density at radius 1 is 1.27 bits per heavy atom. The maximum Gasteiger partial charge on any atom is 0.337 e. The van der Waals surface area contributed by atoms with Crippen molar-refractivity contribution in [3.05, 3.63) is 34.3 Å². The number of rotatable bonds is 2. The summed E-state index contributed by atoms with van der Waals surface area (Å²) >= 11 is 5.76. The quantitative estimate of drug-likeness (QED) is 0.779. The van der Waals surface area contributed by atoms with Crippen molar-refractivity contribution in [1.29, 1.82) is 0 Å². The zero-order chi connectivity index (χ0) is 11.4. The third-order valence-corrected chi connectivity index (χ3v) is 2.03. The second-order valence-electron chi connectivity index (χ2n) is 2.80. The molecule has 0 aliphatic carbocycles. The average Bonchev–Trinajstić information content (AvgIpc) is 2.26.